The predicted molar refractivity (Wildman–Crippen MR) is 81.5 cm³/mol. The lowest BCUT2D eigenvalue weighted by molar-refractivity contribution is -0.384. The molecule has 0 atom stereocenters. The number of halogens is 1. The lowest BCUT2D eigenvalue weighted by Crippen LogP contribution is -2.18. The molecule has 1 N–H and O–H groups in total. The Labute approximate surface area is 127 Å². The lowest BCUT2D eigenvalue weighted by atomic mass is 10.1. The normalized spacial score (nSPS) is 10.8. The van der Waals surface area contributed by atoms with E-state index >= 15 is 0 Å². The van der Waals surface area contributed by atoms with Crippen LogP contribution >= 0.6 is 11.6 Å². The molecular weight excluding hydrogens is 292 g/mol. The molecular formula is C14H17ClN4O2. The summed E-state index contributed by atoms with van der Waals surface area (Å²) < 4.78 is 1.77. The van der Waals surface area contributed by atoms with Crippen LogP contribution in [0.25, 0.3) is 0 Å². The third kappa shape index (κ3) is 3.80. The van der Waals surface area contributed by atoms with E-state index in [2.05, 4.69) is 10.4 Å². The number of nitrogens with zero attached hydrogens (tertiary/aromatic N) is 3. The molecule has 0 fully saturated rings. The highest BCUT2D eigenvalue weighted by molar-refractivity contribution is 6.31. The van der Waals surface area contributed by atoms with E-state index in [9.17, 15) is 10.1 Å². The van der Waals surface area contributed by atoms with Gasteiger partial charge in [-0.1, -0.05) is 23.7 Å². The smallest absolute Gasteiger partial charge is 0.269 e. The summed E-state index contributed by atoms with van der Waals surface area (Å²) in [5.74, 6) is 0. The zero-order valence-electron chi connectivity index (χ0n) is 12.0. The number of rotatable bonds is 6. The summed E-state index contributed by atoms with van der Waals surface area (Å²) in [7, 11) is 1.87. The molecule has 1 aromatic heterocycles. The number of hydrogen-bond donors (Lipinski definition) is 1. The van der Waals surface area contributed by atoms with Gasteiger partial charge in [0, 0.05) is 25.7 Å². The van der Waals surface area contributed by atoms with Crippen LogP contribution in [-0.4, -0.2) is 21.2 Å². The zero-order valence-corrected chi connectivity index (χ0v) is 12.7. The van der Waals surface area contributed by atoms with Crippen LogP contribution in [0.3, 0.4) is 0 Å². The molecule has 1 heterocycles. The fourth-order valence-corrected chi connectivity index (χ4v) is 2.32. The average molecular weight is 309 g/mol. The third-order valence-electron chi connectivity index (χ3n) is 3.29. The van der Waals surface area contributed by atoms with Crippen LogP contribution in [0.2, 0.25) is 5.02 Å². The van der Waals surface area contributed by atoms with Gasteiger partial charge in [0.2, 0.25) is 0 Å². The van der Waals surface area contributed by atoms with Gasteiger partial charge in [-0.15, -0.1) is 0 Å². The Balaban J connectivity index is 1.83. The van der Waals surface area contributed by atoms with Gasteiger partial charge in [-0.05, 0) is 25.5 Å². The standard InChI is InChI=1S/C14H17ClN4O2/c1-10-14(15)13(18(2)17-10)9-16-8-7-11-3-5-12(6-4-11)19(20)21/h3-6,16H,7-9H2,1-2H3. The Morgan fingerprint density at radius 2 is 2.05 bits per heavy atom. The topological polar surface area (TPSA) is 73.0 Å². The largest absolute Gasteiger partial charge is 0.311 e. The van der Waals surface area contributed by atoms with E-state index in [1.165, 1.54) is 12.1 Å². The number of nitrogens with one attached hydrogen (secondary N) is 1. The van der Waals surface area contributed by atoms with Crippen LogP contribution in [0.5, 0.6) is 0 Å². The predicted octanol–water partition coefficient (Wildman–Crippen LogP) is 2.62. The van der Waals surface area contributed by atoms with E-state index in [4.69, 9.17) is 11.6 Å². The van der Waals surface area contributed by atoms with Crippen LogP contribution in [0, 0.1) is 17.0 Å². The minimum absolute atomic E-state index is 0.115. The molecule has 21 heavy (non-hydrogen) atoms. The summed E-state index contributed by atoms with van der Waals surface area (Å²) in [6, 6.07) is 6.61. The van der Waals surface area contributed by atoms with Crippen LogP contribution in [0.15, 0.2) is 24.3 Å². The first-order valence-electron chi connectivity index (χ1n) is 6.61. The van der Waals surface area contributed by atoms with Crippen molar-refractivity contribution in [2.24, 2.45) is 7.05 Å². The van der Waals surface area contributed by atoms with Crippen LogP contribution in [0.4, 0.5) is 5.69 Å². The average Bonchev–Trinajstić information content (AvgIpc) is 2.69. The SMILES string of the molecule is Cc1nn(C)c(CNCCc2ccc([N+](=O)[O-])cc2)c1Cl. The molecule has 112 valence electrons. The summed E-state index contributed by atoms with van der Waals surface area (Å²) in [4.78, 5) is 10.2. The Kier molecular flexibility index (Phi) is 4.93. The van der Waals surface area contributed by atoms with E-state index in [1.807, 2.05) is 14.0 Å². The highest BCUT2D eigenvalue weighted by atomic mass is 35.5. The molecule has 0 aliphatic rings. The molecule has 7 heteroatoms. The fourth-order valence-electron chi connectivity index (χ4n) is 2.10. The molecule has 0 saturated heterocycles. The maximum Gasteiger partial charge on any atom is 0.269 e. The number of hydrogen-bond acceptors (Lipinski definition) is 4. The molecule has 1 aromatic carbocycles. The van der Waals surface area contributed by atoms with Crippen molar-refractivity contribution in [3.63, 3.8) is 0 Å². The summed E-state index contributed by atoms with van der Waals surface area (Å²) in [6.07, 6.45) is 0.798. The number of nitro benzene ring substituents is 1. The Morgan fingerprint density at radius 3 is 2.57 bits per heavy atom. The molecule has 0 aliphatic heterocycles. The second kappa shape index (κ2) is 6.69. The Morgan fingerprint density at radius 1 is 1.38 bits per heavy atom. The van der Waals surface area contributed by atoms with Gasteiger partial charge in [0.1, 0.15) is 0 Å². The van der Waals surface area contributed by atoms with Crippen molar-refractivity contribution < 1.29 is 4.92 Å². The van der Waals surface area contributed by atoms with Gasteiger partial charge in [0.25, 0.3) is 5.69 Å². The maximum atomic E-state index is 10.6. The molecule has 0 unspecified atom stereocenters. The van der Waals surface area contributed by atoms with E-state index in [-0.39, 0.29) is 5.69 Å². The van der Waals surface area contributed by atoms with Crippen molar-refractivity contribution in [2.45, 2.75) is 19.9 Å². The Hall–Kier alpha value is -1.92. The Bertz CT molecular complexity index is 637. The molecule has 2 rings (SSSR count). The van der Waals surface area contributed by atoms with Gasteiger partial charge in [-0.2, -0.15) is 5.10 Å². The first-order chi connectivity index (χ1) is 9.99. The van der Waals surface area contributed by atoms with E-state index in [1.54, 1.807) is 16.8 Å². The zero-order chi connectivity index (χ0) is 15.4. The number of non-ortho nitro benzene ring substituents is 1. The maximum absolute atomic E-state index is 10.6. The molecule has 0 amide bonds. The first-order valence-corrected chi connectivity index (χ1v) is 6.99. The van der Waals surface area contributed by atoms with Crippen molar-refractivity contribution in [3.05, 3.63) is 56.4 Å². The quantitative estimate of drug-likeness (QED) is 0.506. The minimum Gasteiger partial charge on any atom is -0.311 e. The molecule has 0 bridgehead atoms. The molecule has 0 saturated carbocycles. The van der Waals surface area contributed by atoms with E-state index < -0.39 is 4.92 Å². The van der Waals surface area contributed by atoms with Gasteiger partial charge in [-0.25, -0.2) is 0 Å². The summed E-state index contributed by atoms with van der Waals surface area (Å²) >= 11 is 6.17. The third-order valence-corrected chi connectivity index (χ3v) is 3.78. The molecule has 0 spiro atoms. The minimum atomic E-state index is -0.394. The summed E-state index contributed by atoms with van der Waals surface area (Å²) in [6.45, 7) is 3.28. The van der Waals surface area contributed by atoms with Gasteiger partial charge < -0.3 is 5.32 Å². The number of benzene rings is 1. The second-order valence-electron chi connectivity index (χ2n) is 4.82. The van der Waals surface area contributed by atoms with Crippen LogP contribution in [0.1, 0.15) is 17.0 Å². The van der Waals surface area contributed by atoms with Crippen molar-refractivity contribution in [1.29, 1.82) is 0 Å². The summed E-state index contributed by atoms with van der Waals surface area (Å²) in [5.41, 5.74) is 2.95. The van der Waals surface area contributed by atoms with E-state index in [0.29, 0.717) is 11.6 Å². The second-order valence-corrected chi connectivity index (χ2v) is 5.20. The van der Waals surface area contributed by atoms with Crippen molar-refractivity contribution in [1.82, 2.24) is 15.1 Å². The molecule has 0 aliphatic carbocycles. The van der Waals surface area contributed by atoms with Crippen molar-refractivity contribution in [3.8, 4) is 0 Å². The van der Waals surface area contributed by atoms with Crippen molar-refractivity contribution >= 4 is 17.3 Å². The fraction of sp³-hybridized carbons (Fsp3) is 0.357. The van der Waals surface area contributed by atoms with Crippen LogP contribution in [-0.2, 0) is 20.0 Å². The first kappa shape index (κ1) is 15.5. The van der Waals surface area contributed by atoms with Crippen molar-refractivity contribution in [2.75, 3.05) is 6.54 Å². The van der Waals surface area contributed by atoms with Gasteiger partial charge in [0.05, 0.1) is 21.3 Å². The van der Waals surface area contributed by atoms with E-state index in [0.717, 1.165) is 29.9 Å². The highest BCUT2D eigenvalue weighted by Crippen LogP contribution is 2.19. The molecule has 2 aromatic rings. The van der Waals surface area contributed by atoms with Gasteiger partial charge in [-0.3, -0.25) is 14.8 Å². The van der Waals surface area contributed by atoms with Gasteiger partial charge >= 0.3 is 0 Å². The van der Waals surface area contributed by atoms with Gasteiger partial charge in [0.15, 0.2) is 0 Å². The van der Waals surface area contributed by atoms with Crippen LogP contribution < -0.4 is 5.32 Å². The lowest BCUT2D eigenvalue weighted by Gasteiger charge is -2.06. The molecule has 0 radical (unpaired) electrons. The number of aromatic nitrogens is 2. The summed E-state index contributed by atoms with van der Waals surface area (Å²) in [5, 5.41) is 18.8. The number of nitro groups is 1. The highest BCUT2D eigenvalue weighted by Gasteiger charge is 2.10. The molecule has 6 nitrogen and oxygen atoms in total. The monoisotopic (exact) mass is 308 g/mol. The number of aryl methyl sites for hydroxylation is 2.